The number of aromatic nitrogens is 2. The van der Waals surface area contributed by atoms with Crippen molar-refractivity contribution in [2.24, 2.45) is 0 Å². The molecule has 17 heavy (non-hydrogen) atoms. The minimum atomic E-state index is 0.284. The van der Waals surface area contributed by atoms with Gasteiger partial charge in [-0.25, -0.2) is 4.98 Å². The van der Waals surface area contributed by atoms with Crippen LogP contribution < -0.4 is 10.2 Å². The van der Waals surface area contributed by atoms with Crippen molar-refractivity contribution in [1.29, 1.82) is 0 Å². The molecule has 4 nitrogen and oxygen atoms in total. The zero-order valence-corrected chi connectivity index (χ0v) is 10.8. The van der Waals surface area contributed by atoms with Gasteiger partial charge in [-0.1, -0.05) is 6.08 Å². The molecule has 1 aliphatic rings. The fraction of sp³-hybridized carbons (Fsp3) is 0.615. The number of anilines is 1. The molecule has 4 heteroatoms. The molecule has 1 aliphatic heterocycles. The third-order valence-corrected chi connectivity index (χ3v) is 3.77. The molecule has 1 aromatic heterocycles. The summed E-state index contributed by atoms with van der Waals surface area (Å²) in [5.74, 6) is 1.07. The highest BCUT2D eigenvalue weighted by Gasteiger charge is 2.29. The van der Waals surface area contributed by atoms with E-state index in [0.29, 0.717) is 0 Å². The topological polar surface area (TPSA) is 33.1 Å². The number of nitrogens with zero attached hydrogens (tertiary/aromatic N) is 3. The first-order chi connectivity index (χ1) is 8.18. The molecule has 0 aliphatic carbocycles. The van der Waals surface area contributed by atoms with Crippen LogP contribution in [0.2, 0.25) is 0 Å². The molecule has 1 aromatic rings. The quantitative estimate of drug-likeness (QED) is 0.804. The molecular formula is C13H22N4. The number of nitrogens with one attached hydrogen (secondary N) is 1. The lowest BCUT2D eigenvalue weighted by atomic mass is 9.90. The Morgan fingerprint density at radius 1 is 1.53 bits per heavy atom. The Balaban J connectivity index is 2.05. The van der Waals surface area contributed by atoms with Crippen LogP contribution in [0.5, 0.6) is 0 Å². The first-order valence-electron chi connectivity index (χ1n) is 6.24. The predicted molar refractivity (Wildman–Crippen MR) is 71.3 cm³/mol. The van der Waals surface area contributed by atoms with Gasteiger partial charge in [-0.05, 0) is 26.8 Å². The minimum absolute atomic E-state index is 0.284. The highest BCUT2D eigenvalue weighted by atomic mass is 15.3. The molecule has 94 valence electrons. The van der Waals surface area contributed by atoms with Crippen molar-refractivity contribution in [2.75, 3.05) is 25.0 Å². The average molecular weight is 234 g/mol. The van der Waals surface area contributed by atoms with E-state index in [4.69, 9.17) is 0 Å². The van der Waals surface area contributed by atoms with Gasteiger partial charge in [0.1, 0.15) is 0 Å². The lowest BCUT2D eigenvalue weighted by Gasteiger charge is -2.39. The number of hydrogen-bond acceptors (Lipinski definition) is 3. The van der Waals surface area contributed by atoms with Gasteiger partial charge < -0.3 is 14.8 Å². The summed E-state index contributed by atoms with van der Waals surface area (Å²) in [6.07, 6.45) is 8.11. The van der Waals surface area contributed by atoms with E-state index in [1.807, 2.05) is 25.5 Å². The molecule has 1 N–H and O–H groups in total. The van der Waals surface area contributed by atoms with Crippen molar-refractivity contribution in [2.45, 2.75) is 31.8 Å². The summed E-state index contributed by atoms with van der Waals surface area (Å²) in [5.41, 5.74) is 0.284. The zero-order chi connectivity index (χ0) is 12.3. The van der Waals surface area contributed by atoms with Crippen molar-refractivity contribution in [3.8, 4) is 0 Å². The predicted octanol–water partition coefficient (Wildman–Crippen LogP) is 1.65. The van der Waals surface area contributed by atoms with Gasteiger partial charge >= 0.3 is 0 Å². The molecule has 2 rings (SSSR count). The molecule has 1 saturated heterocycles. The van der Waals surface area contributed by atoms with Crippen molar-refractivity contribution in [1.82, 2.24) is 14.9 Å². The summed E-state index contributed by atoms with van der Waals surface area (Å²) in [6.45, 7) is 9.02. The Morgan fingerprint density at radius 2 is 2.24 bits per heavy atom. The molecule has 0 atom stereocenters. The van der Waals surface area contributed by atoms with Gasteiger partial charge in [-0.2, -0.15) is 0 Å². The Labute approximate surface area is 103 Å². The Bertz CT molecular complexity index is 375. The standard InChI is InChI=1S/C13H22N4/c1-4-8-16-11-7-15-12(16)17-9-5-13(2,14-3)6-10-17/h4,7,11,14H,1,5-6,8-10H2,2-3H3. The van der Waals surface area contributed by atoms with Gasteiger partial charge in [0.05, 0.1) is 0 Å². The van der Waals surface area contributed by atoms with E-state index in [0.717, 1.165) is 38.4 Å². The van der Waals surface area contributed by atoms with Crippen LogP contribution in [0.4, 0.5) is 5.95 Å². The Kier molecular flexibility index (Phi) is 3.52. The molecule has 0 radical (unpaired) electrons. The second-order valence-corrected chi connectivity index (χ2v) is 4.97. The van der Waals surface area contributed by atoms with E-state index in [-0.39, 0.29) is 5.54 Å². The van der Waals surface area contributed by atoms with Crippen LogP contribution in [0.3, 0.4) is 0 Å². The lowest BCUT2D eigenvalue weighted by Crippen LogP contribution is -2.50. The van der Waals surface area contributed by atoms with Gasteiger partial charge in [0.15, 0.2) is 0 Å². The van der Waals surface area contributed by atoms with Crippen LogP contribution in [0, 0.1) is 0 Å². The summed E-state index contributed by atoms with van der Waals surface area (Å²) in [6, 6.07) is 0. The van der Waals surface area contributed by atoms with Crippen molar-refractivity contribution >= 4 is 5.95 Å². The molecule has 0 unspecified atom stereocenters. The number of hydrogen-bond donors (Lipinski definition) is 1. The van der Waals surface area contributed by atoms with E-state index in [2.05, 4.69) is 33.3 Å². The summed E-state index contributed by atoms with van der Waals surface area (Å²) < 4.78 is 2.15. The molecule has 1 fully saturated rings. The maximum absolute atomic E-state index is 4.45. The highest BCUT2D eigenvalue weighted by Crippen LogP contribution is 2.24. The maximum Gasteiger partial charge on any atom is 0.205 e. The van der Waals surface area contributed by atoms with Crippen LogP contribution in [0.1, 0.15) is 19.8 Å². The van der Waals surface area contributed by atoms with Crippen LogP contribution in [-0.4, -0.2) is 35.2 Å². The van der Waals surface area contributed by atoms with E-state index < -0.39 is 0 Å². The number of piperidine rings is 1. The second kappa shape index (κ2) is 4.92. The molecule has 0 spiro atoms. The SMILES string of the molecule is C=CCn1ccnc1N1CCC(C)(NC)CC1. The van der Waals surface area contributed by atoms with Crippen LogP contribution in [-0.2, 0) is 6.54 Å². The summed E-state index contributed by atoms with van der Waals surface area (Å²) in [7, 11) is 2.05. The van der Waals surface area contributed by atoms with Gasteiger partial charge in [-0.3, -0.25) is 0 Å². The Hall–Kier alpha value is -1.29. The fourth-order valence-electron chi connectivity index (χ4n) is 2.32. The highest BCUT2D eigenvalue weighted by molar-refractivity contribution is 5.33. The number of rotatable bonds is 4. The third kappa shape index (κ3) is 2.52. The molecule has 0 bridgehead atoms. The molecule has 0 saturated carbocycles. The second-order valence-electron chi connectivity index (χ2n) is 4.97. The van der Waals surface area contributed by atoms with Crippen molar-refractivity contribution in [3.05, 3.63) is 25.0 Å². The minimum Gasteiger partial charge on any atom is -0.342 e. The Morgan fingerprint density at radius 3 is 2.82 bits per heavy atom. The monoisotopic (exact) mass is 234 g/mol. The van der Waals surface area contributed by atoms with Crippen LogP contribution in [0.25, 0.3) is 0 Å². The lowest BCUT2D eigenvalue weighted by molar-refractivity contribution is 0.303. The number of imidazole rings is 1. The maximum atomic E-state index is 4.45. The molecular weight excluding hydrogens is 212 g/mol. The van der Waals surface area contributed by atoms with Crippen LogP contribution in [0.15, 0.2) is 25.0 Å². The average Bonchev–Trinajstić information content (AvgIpc) is 2.79. The smallest absolute Gasteiger partial charge is 0.205 e. The third-order valence-electron chi connectivity index (χ3n) is 3.77. The zero-order valence-electron chi connectivity index (χ0n) is 10.8. The van der Waals surface area contributed by atoms with Crippen LogP contribution >= 0.6 is 0 Å². The first kappa shape index (κ1) is 12.2. The van der Waals surface area contributed by atoms with Crippen molar-refractivity contribution in [3.63, 3.8) is 0 Å². The summed E-state index contributed by atoms with van der Waals surface area (Å²) in [5, 5.41) is 3.42. The normalized spacial score (nSPS) is 19.3. The van der Waals surface area contributed by atoms with Gasteiger partial charge in [0.2, 0.25) is 5.95 Å². The molecule has 0 amide bonds. The largest absolute Gasteiger partial charge is 0.342 e. The first-order valence-corrected chi connectivity index (χ1v) is 6.24. The number of allylic oxidation sites excluding steroid dienone is 1. The van der Waals surface area contributed by atoms with E-state index in [9.17, 15) is 0 Å². The van der Waals surface area contributed by atoms with E-state index in [1.165, 1.54) is 0 Å². The van der Waals surface area contributed by atoms with Crippen molar-refractivity contribution < 1.29 is 0 Å². The molecule has 0 aromatic carbocycles. The molecule has 2 heterocycles. The van der Waals surface area contributed by atoms with Gasteiger partial charge in [0, 0.05) is 37.6 Å². The fourth-order valence-corrected chi connectivity index (χ4v) is 2.32. The van der Waals surface area contributed by atoms with Gasteiger partial charge in [0.25, 0.3) is 0 Å². The summed E-state index contributed by atoms with van der Waals surface area (Å²) in [4.78, 5) is 6.82. The van der Waals surface area contributed by atoms with Gasteiger partial charge in [-0.15, -0.1) is 6.58 Å². The van der Waals surface area contributed by atoms with E-state index in [1.54, 1.807) is 0 Å². The summed E-state index contributed by atoms with van der Waals surface area (Å²) >= 11 is 0. The van der Waals surface area contributed by atoms with E-state index >= 15 is 0 Å².